The highest BCUT2D eigenvalue weighted by molar-refractivity contribution is 9.11. The smallest absolute Gasteiger partial charge is 0.139 e. The summed E-state index contributed by atoms with van der Waals surface area (Å²) in [6.45, 7) is 3.12. The highest BCUT2D eigenvalue weighted by Gasteiger charge is 2.11. The van der Waals surface area contributed by atoms with Crippen LogP contribution in [0.1, 0.15) is 16.7 Å². The van der Waals surface area contributed by atoms with Gasteiger partial charge in [0, 0.05) is 22.3 Å². The fourth-order valence-corrected chi connectivity index (χ4v) is 3.94. The molecule has 0 spiro atoms. The summed E-state index contributed by atoms with van der Waals surface area (Å²) >= 11 is 7.11. The monoisotopic (exact) mass is 477 g/mol. The molecule has 0 heterocycles. The zero-order valence-corrected chi connectivity index (χ0v) is 17.4. The lowest BCUT2D eigenvalue weighted by Gasteiger charge is -2.15. The van der Waals surface area contributed by atoms with E-state index in [1.54, 1.807) is 12.1 Å². The first-order valence-corrected chi connectivity index (χ1v) is 9.75. The summed E-state index contributed by atoms with van der Waals surface area (Å²) in [7, 11) is 0. The van der Waals surface area contributed by atoms with Gasteiger partial charge >= 0.3 is 0 Å². The van der Waals surface area contributed by atoms with Crippen LogP contribution >= 0.6 is 31.9 Å². The van der Waals surface area contributed by atoms with Crippen LogP contribution in [0.4, 0.5) is 10.1 Å². The molecule has 0 unspecified atom stereocenters. The van der Waals surface area contributed by atoms with E-state index in [0.29, 0.717) is 13.2 Å². The van der Waals surface area contributed by atoms with Crippen molar-refractivity contribution in [2.45, 2.75) is 20.1 Å². The number of anilines is 1. The molecule has 0 aliphatic heterocycles. The molecular weight excluding hydrogens is 461 g/mol. The predicted octanol–water partition coefficient (Wildman–Crippen LogP) is 6.85. The quantitative estimate of drug-likeness (QED) is 0.418. The van der Waals surface area contributed by atoms with Crippen molar-refractivity contribution in [1.29, 1.82) is 0 Å². The van der Waals surface area contributed by atoms with Crippen LogP contribution in [0.15, 0.2) is 69.6 Å². The number of rotatable bonds is 6. The van der Waals surface area contributed by atoms with Crippen LogP contribution in [-0.4, -0.2) is 0 Å². The largest absolute Gasteiger partial charge is 0.487 e. The molecule has 0 atom stereocenters. The van der Waals surface area contributed by atoms with Gasteiger partial charge in [0.2, 0.25) is 0 Å². The van der Waals surface area contributed by atoms with Crippen LogP contribution in [0.25, 0.3) is 0 Å². The van der Waals surface area contributed by atoms with Crippen molar-refractivity contribution < 1.29 is 9.13 Å². The maximum atomic E-state index is 13.0. The SMILES string of the molecule is Cc1ccc(COc2c(Br)cc(Br)cc2CNc2ccc(F)cc2)cc1. The van der Waals surface area contributed by atoms with Gasteiger partial charge in [-0.05, 0) is 64.8 Å². The number of nitrogens with one attached hydrogen (secondary N) is 1. The topological polar surface area (TPSA) is 21.3 Å². The average molecular weight is 479 g/mol. The Balaban J connectivity index is 1.75. The summed E-state index contributed by atoms with van der Waals surface area (Å²) in [4.78, 5) is 0. The zero-order chi connectivity index (χ0) is 18.5. The minimum atomic E-state index is -0.247. The number of hydrogen-bond donors (Lipinski definition) is 1. The van der Waals surface area contributed by atoms with Crippen LogP contribution in [0, 0.1) is 12.7 Å². The molecule has 3 rings (SSSR count). The Bertz CT molecular complexity index is 880. The molecule has 0 saturated carbocycles. The van der Waals surface area contributed by atoms with Gasteiger partial charge in [-0.3, -0.25) is 0 Å². The minimum absolute atomic E-state index is 0.247. The van der Waals surface area contributed by atoms with Crippen LogP contribution in [0.3, 0.4) is 0 Å². The molecule has 26 heavy (non-hydrogen) atoms. The molecule has 134 valence electrons. The highest BCUT2D eigenvalue weighted by atomic mass is 79.9. The molecule has 0 aromatic heterocycles. The van der Waals surface area contributed by atoms with Crippen molar-refractivity contribution in [2.24, 2.45) is 0 Å². The first-order chi connectivity index (χ1) is 12.5. The molecule has 0 aliphatic carbocycles. The van der Waals surface area contributed by atoms with Gasteiger partial charge in [0.1, 0.15) is 18.2 Å². The number of hydrogen-bond acceptors (Lipinski definition) is 2. The van der Waals surface area contributed by atoms with E-state index in [2.05, 4.69) is 68.4 Å². The molecule has 0 aliphatic rings. The Morgan fingerprint density at radius 3 is 2.35 bits per heavy atom. The maximum absolute atomic E-state index is 13.0. The number of benzene rings is 3. The molecule has 0 radical (unpaired) electrons. The lowest BCUT2D eigenvalue weighted by molar-refractivity contribution is 0.301. The lowest BCUT2D eigenvalue weighted by atomic mass is 10.1. The Kier molecular flexibility index (Phi) is 6.33. The third-order valence-corrected chi connectivity index (χ3v) is 4.96. The van der Waals surface area contributed by atoms with Crippen LogP contribution in [0.2, 0.25) is 0 Å². The standard InChI is InChI=1S/C21H18Br2FNO/c1-14-2-4-15(5-3-14)13-26-21-16(10-17(22)11-20(21)23)12-25-19-8-6-18(24)7-9-19/h2-11,25H,12-13H2,1H3. The van der Waals surface area contributed by atoms with Gasteiger partial charge in [-0.1, -0.05) is 45.8 Å². The average Bonchev–Trinajstić information content (AvgIpc) is 2.62. The zero-order valence-electron chi connectivity index (χ0n) is 14.2. The summed E-state index contributed by atoms with van der Waals surface area (Å²) in [5.74, 6) is 0.547. The van der Waals surface area contributed by atoms with Crippen molar-refractivity contribution in [3.63, 3.8) is 0 Å². The fourth-order valence-electron chi connectivity index (χ4n) is 2.51. The van der Waals surface area contributed by atoms with Gasteiger partial charge in [0.05, 0.1) is 4.47 Å². The summed E-state index contributed by atoms with van der Waals surface area (Å²) in [6.07, 6.45) is 0. The van der Waals surface area contributed by atoms with Gasteiger partial charge in [-0.15, -0.1) is 0 Å². The predicted molar refractivity (Wildman–Crippen MR) is 111 cm³/mol. The fraction of sp³-hybridized carbons (Fsp3) is 0.143. The summed E-state index contributed by atoms with van der Waals surface area (Å²) < 4.78 is 21.0. The molecule has 3 aromatic carbocycles. The molecular formula is C21H18Br2FNO. The number of aryl methyl sites for hydroxylation is 1. The van der Waals surface area contributed by atoms with E-state index >= 15 is 0 Å². The van der Waals surface area contributed by atoms with E-state index in [0.717, 1.165) is 31.5 Å². The first-order valence-electron chi connectivity index (χ1n) is 8.17. The molecule has 0 bridgehead atoms. The van der Waals surface area contributed by atoms with Gasteiger partial charge in [0.15, 0.2) is 0 Å². The molecule has 5 heteroatoms. The lowest BCUT2D eigenvalue weighted by Crippen LogP contribution is -2.05. The van der Waals surface area contributed by atoms with Gasteiger partial charge in [0.25, 0.3) is 0 Å². The Hall–Kier alpha value is -1.85. The van der Waals surface area contributed by atoms with Crippen molar-refractivity contribution in [2.75, 3.05) is 5.32 Å². The van der Waals surface area contributed by atoms with E-state index in [9.17, 15) is 4.39 Å². The molecule has 0 amide bonds. The van der Waals surface area contributed by atoms with Crippen LogP contribution in [0.5, 0.6) is 5.75 Å². The maximum Gasteiger partial charge on any atom is 0.139 e. The van der Waals surface area contributed by atoms with Gasteiger partial charge < -0.3 is 10.1 Å². The van der Waals surface area contributed by atoms with Crippen molar-refractivity contribution in [3.8, 4) is 5.75 Å². The van der Waals surface area contributed by atoms with Gasteiger partial charge in [-0.25, -0.2) is 4.39 Å². The molecule has 1 N–H and O–H groups in total. The Morgan fingerprint density at radius 1 is 0.962 bits per heavy atom. The minimum Gasteiger partial charge on any atom is -0.487 e. The Labute approximate surface area is 169 Å². The van der Waals surface area contributed by atoms with Gasteiger partial charge in [-0.2, -0.15) is 0 Å². The van der Waals surface area contributed by atoms with Crippen molar-refractivity contribution >= 4 is 37.5 Å². The molecule has 0 saturated heterocycles. The van der Waals surface area contributed by atoms with E-state index in [-0.39, 0.29) is 5.82 Å². The first kappa shape index (κ1) is 18.9. The summed E-state index contributed by atoms with van der Waals surface area (Å²) in [5.41, 5.74) is 4.19. The van der Waals surface area contributed by atoms with Crippen LogP contribution < -0.4 is 10.1 Å². The third kappa shape index (κ3) is 5.08. The third-order valence-electron chi connectivity index (χ3n) is 3.92. The van der Waals surface area contributed by atoms with E-state index in [4.69, 9.17) is 4.74 Å². The Morgan fingerprint density at radius 2 is 1.65 bits per heavy atom. The second kappa shape index (κ2) is 8.69. The van der Waals surface area contributed by atoms with Crippen molar-refractivity contribution in [3.05, 3.63) is 92.1 Å². The molecule has 3 aromatic rings. The number of halogens is 3. The van der Waals surface area contributed by atoms with E-state index in [1.165, 1.54) is 17.7 Å². The van der Waals surface area contributed by atoms with Crippen molar-refractivity contribution in [1.82, 2.24) is 0 Å². The normalized spacial score (nSPS) is 10.6. The second-order valence-corrected chi connectivity index (χ2v) is 7.78. The summed E-state index contributed by atoms with van der Waals surface area (Å²) in [5, 5.41) is 3.30. The summed E-state index contributed by atoms with van der Waals surface area (Å²) in [6, 6.07) is 18.6. The highest BCUT2D eigenvalue weighted by Crippen LogP contribution is 2.34. The molecule has 0 fully saturated rings. The number of ether oxygens (including phenoxy) is 1. The van der Waals surface area contributed by atoms with E-state index < -0.39 is 0 Å². The second-order valence-electron chi connectivity index (χ2n) is 6.01. The van der Waals surface area contributed by atoms with Crippen LogP contribution in [-0.2, 0) is 13.2 Å². The van der Waals surface area contributed by atoms with E-state index in [1.807, 2.05) is 12.1 Å². The molecule has 2 nitrogen and oxygen atoms in total.